The largest absolute Gasteiger partial charge is 0.334 e. The fraction of sp³-hybridized carbons (Fsp3) is 0.273. The molecule has 0 amide bonds. The highest BCUT2D eigenvalue weighted by Crippen LogP contribution is 2.52. The van der Waals surface area contributed by atoms with Gasteiger partial charge in [0.2, 0.25) is 0 Å². The molecule has 45 heavy (non-hydrogen) atoms. The van der Waals surface area contributed by atoms with Crippen LogP contribution in [-0.4, -0.2) is 6.04 Å². The first kappa shape index (κ1) is 28.1. The number of aryl methyl sites for hydroxylation is 1. The molecule has 1 nitrogen and oxygen atoms in total. The fourth-order valence-electron chi connectivity index (χ4n) is 8.64. The highest BCUT2D eigenvalue weighted by molar-refractivity contribution is 6.06. The lowest BCUT2D eigenvalue weighted by Crippen LogP contribution is -2.30. The molecule has 5 aromatic carbocycles. The van der Waals surface area contributed by atoms with Crippen molar-refractivity contribution in [2.75, 3.05) is 4.90 Å². The van der Waals surface area contributed by atoms with E-state index in [9.17, 15) is 0 Å². The van der Waals surface area contributed by atoms with Gasteiger partial charge in [-0.25, -0.2) is 0 Å². The number of fused-ring (bicyclic) bond motifs is 4. The average molecular weight is 586 g/mol. The lowest BCUT2D eigenvalue weighted by Gasteiger charge is -2.35. The molecule has 0 spiro atoms. The van der Waals surface area contributed by atoms with E-state index in [1.165, 1.54) is 98.8 Å². The van der Waals surface area contributed by atoms with E-state index in [2.05, 4.69) is 147 Å². The predicted molar refractivity (Wildman–Crippen MR) is 193 cm³/mol. The summed E-state index contributed by atoms with van der Waals surface area (Å²) in [5, 5.41) is 2.79. The molecule has 1 saturated carbocycles. The molecule has 3 aliphatic rings. The molecule has 3 aliphatic carbocycles. The van der Waals surface area contributed by atoms with Gasteiger partial charge in [0, 0.05) is 16.7 Å². The zero-order chi connectivity index (χ0) is 30.5. The van der Waals surface area contributed by atoms with Crippen molar-refractivity contribution in [3.05, 3.63) is 144 Å². The number of hydrogen-bond acceptors (Lipinski definition) is 1. The van der Waals surface area contributed by atoms with Crippen molar-refractivity contribution in [3.8, 4) is 22.3 Å². The third kappa shape index (κ3) is 4.67. The van der Waals surface area contributed by atoms with Gasteiger partial charge < -0.3 is 4.90 Å². The van der Waals surface area contributed by atoms with Gasteiger partial charge in [-0.15, -0.1) is 0 Å². The first-order valence-electron chi connectivity index (χ1n) is 17.0. The Balaban J connectivity index is 1.41. The second-order valence-electron chi connectivity index (χ2n) is 13.9. The number of rotatable bonds is 5. The summed E-state index contributed by atoms with van der Waals surface area (Å²) >= 11 is 0. The highest BCUT2D eigenvalue weighted by atomic mass is 15.2. The maximum absolute atomic E-state index is 2.58. The monoisotopic (exact) mass is 585 g/mol. The van der Waals surface area contributed by atoms with Crippen molar-refractivity contribution in [2.45, 2.75) is 76.7 Å². The van der Waals surface area contributed by atoms with Crippen molar-refractivity contribution in [3.63, 3.8) is 0 Å². The summed E-state index contributed by atoms with van der Waals surface area (Å²) in [4.78, 5) is 2.58. The smallest absolute Gasteiger partial charge is 0.0560 e. The zero-order valence-electron chi connectivity index (χ0n) is 26.9. The van der Waals surface area contributed by atoms with Crippen LogP contribution in [0.25, 0.3) is 33.0 Å². The summed E-state index contributed by atoms with van der Waals surface area (Å²) in [5.74, 6) is 0.646. The fourth-order valence-corrected chi connectivity index (χ4v) is 8.64. The lowest BCUT2D eigenvalue weighted by atomic mass is 9.80. The van der Waals surface area contributed by atoms with Crippen LogP contribution in [0.1, 0.15) is 80.5 Å². The molecule has 0 N–H and O–H groups in total. The molecule has 0 aromatic heterocycles. The lowest BCUT2D eigenvalue weighted by molar-refractivity contribution is 0.445. The standard InChI is InChI=1S/C44H43N/c1-30-15-13-24-40-42(30)38-29-32(25-27-39(38)44(40,2)3)43-37-23-14-22-35(31-16-7-4-8-17-31)36(37)26-28-41(43)45(33-18-9-5-10-19-33)34-20-11-6-12-21-34/h5-6,9-15,18-20,22-29,31,34H,4,7-8,16-17,21H2,1-3H3. The summed E-state index contributed by atoms with van der Waals surface area (Å²) in [6, 6.07) is 37.4. The van der Waals surface area contributed by atoms with Gasteiger partial charge in [-0.1, -0.05) is 130 Å². The Bertz CT molecular complexity index is 1950. The summed E-state index contributed by atoms with van der Waals surface area (Å²) in [6.07, 6.45) is 16.7. The summed E-state index contributed by atoms with van der Waals surface area (Å²) in [5.41, 5.74) is 13.7. The van der Waals surface area contributed by atoms with E-state index in [4.69, 9.17) is 0 Å². The van der Waals surface area contributed by atoms with Crippen LogP contribution in [0.5, 0.6) is 0 Å². The van der Waals surface area contributed by atoms with Crippen LogP contribution < -0.4 is 4.90 Å². The minimum absolute atomic E-state index is 0.0136. The summed E-state index contributed by atoms with van der Waals surface area (Å²) in [7, 11) is 0. The molecule has 1 heteroatoms. The SMILES string of the molecule is Cc1cccc2c1-c1cc(-c3c(N(c4ccccc4)C4C=CC=CC4)ccc4c(C5CCCCC5)cccc34)ccc1C2(C)C. The molecule has 1 atom stereocenters. The Kier molecular flexibility index (Phi) is 7.01. The maximum Gasteiger partial charge on any atom is 0.0560 e. The van der Waals surface area contributed by atoms with Crippen LogP contribution in [0.3, 0.4) is 0 Å². The Morgan fingerprint density at radius 2 is 1.51 bits per heavy atom. The van der Waals surface area contributed by atoms with Crippen LogP contribution in [-0.2, 0) is 5.41 Å². The topological polar surface area (TPSA) is 3.24 Å². The molecule has 1 fully saturated rings. The van der Waals surface area contributed by atoms with Crippen molar-refractivity contribution in [1.29, 1.82) is 0 Å². The maximum atomic E-state index is 2.58. The Labute approximate surface area is 268 Å². The number of anilines is 2. The molecule has 0 bridgehead atoms. The van der Waals surface area contributed by atoms with Gasteiger partial charge in [0.05, 0.1) is 11.7 Å². The molecular weight excluding hydrogens is 542 g/mol. The molecule has 8 rings (SSSR count). The van der Waals surface area contributed by atoms with E-state index in [0.717, 1.165) is 6.42 Å². The van der Waals surface area contributed by atoms with Crippen molar-refractivity contribution < 1.29 is 0 Å². The number of nitrogens with zero attached hydrogens (tertiary/aromatic N) is 1. The van der Waals surface area contributed by atoms with Gasteiger partial charge in [0.25, 0.3) is 0 Å². The average Bonchev–Trinajstić information content (AvgIpc) is 3.32. The zero-order valence-corrected chi connectivity index (χ0v) is 26.9. The first-order chi connectivity index (χ1) is 22.0. The molecular formula is C44H43N. The van der Waals surface area contributed by atoms with E-state index >= 15 is 0 Å². The quantitative estimate of drug-likeness (QED) is 0.198. The second kappa shape index (κ2) is 11.2. The van der Waals surface area contributed by atoms with Gasteiger partial charge in [-0.2, -0.15) is 0 Å². The van der Waals surface area contributed by atoms with Crippen LogP contribution in [0.15, 0.2) is 121 Å². The van der Waals surface area contributed by atoms with Gasteiger partial charge in [0.15, 0.2) is 0 Å². The van der Waals surface area contributed by atoms with Crippen LogP contribution >= 0.6 is 0 Å². The first-order valence-corrected chi connectivity index (χ1v) is 17.0. The molecule has 0 saturated heterocycles. The summed E-state index contributed by atoms with van der Waals surface area (Å²) < 4.78 is 0. The number of allylic oxidation sites excluding steroid dienone is 2. The van der Waals surface area contributed by atoms with E-state index in [0.29, 0.717) is 5.92 Å². The third-order valence-corrected chi connectivity index (χ3v) is 10.9. The molecule has 1 unspecified atom stereocenters. The number of hydrogen-bond donors (Lipinski definition) is 0. The van der Waals surface area contributed by atoms with Gasteiger partial charge in [-0.3, -0.25) is 0 Å². The van der Waals surface area contributed by atoms with Gasteiger partial charge in [0.1, 0.15) is 0 Å². The van der Waals surface area contributed by atoms with Crippen LogP contribution in [0.4, 0.5) is 11.4 Å². The van der Waals surface area contributed by atoms with Crippen molar-refractivity contribution in [1.82, 2.24) is 0 Å². The second-order valence-corrected chi connectivity index (χ2v) is 13.9. The van der Waals surface area contributed by atoms with Crippen molar-refractivity contribution in [2.24, 2.45) is 0 Å². The van der Waals surface area contributed by atoms with Gasteiger partial charge in [-0.05, 0) is 106 Å². The minimum atomic E-state index is -0.0136. The highest BCUT2D eigenvalue weighted by Gasteiger charge is 2.36. The molecule has 5 aromatic rings. The van der Waals surface area contributed by atoms with Gasteiger partial charge >= 0.3 is 0 Å². The molecule has 0 radical (unpaired) electrons. The molecule has 0 heterocycles. The summed E-state index contributed by atoms with van der Waals surface area (Å²) in [6.45, 7) is 7.05. The molecule has 0 aliphatic heterocycles. The van der Waals surface area contributed by atoms with Crippen LogP contribution in [0, 0.1) is 6.92 Å². The Morgan fingerprint density at radius 1 is 0.689 bits per heavy atom. The predicted octanol–water partition coefficient (Wildman–Crippen LogP) is 12.2. The van der Waals surface area contributed by atoms with E-state index < -0.39 is 0 Å². The molecule has 224 valence electrons. The number of para-hydroxylation sites is 1. The van der Waals surface area contributed by atoms with Crippen LogP contribution in [0.2, 0.25) is 0 Å². The Morgan fingerprint density at radius 3 is 2.31 bits per heavy atom. The minimum Gasteiger partial charge on any atom is -0.334 e. The van der Waals surface area contributed by atoms with E-state index in [1.54, 1.807) is 0 Å². The van der Waals surface area contributed by atoms with Crippen molar-refractivity contribution >= 4 is 22.1 Å². The van der Waals surface area contributed by atoms with E-state index in [1.807, 2.05) is 0 Å². The number of benzene rings is 5. The Hall–Kier alpha value is -4.36. The third-order valence-electron chi connectivity index (χ3n) is 10.9. The van der Waals surface area contributed by atoms with E-state index in [-0.39, 0.29) is 11.5 Å². The normalized spacial score (nSPS) is 18.6.